The van der Waals surface area contributed by atoms with Crippen molar-refractivity contribution in [3.63, 3.8) is 0 Å². The fourth-order valence-electron chi connectivity index (χ4n) is 1.42. The van der Waals surface area contributed by atoms with Gasteiger partial charge in [-0.15, -0.1) is 4.31 Å². The quantitative estimate of drug-likeness (QED) is 0.891. The largest absolute Gasteiger partial charge is 0.350 e. The predicted molar refractivity (Wildman–Crippen MR) is 67.7 cm³/mol. The van der Waals surface area contributed by atoms with E-state index >= 15 is 0 Å². The third-order valence-electron chi connectivity index (χ3n) is 2.22. The number of amides is 2. The highest BCUT2D eigenvalue weighted by atomic mass is 32.2. The van der Waals surface area contributed by atoms with Gasteiger partial charge in [0, 0.05) is 12.4 Å². The zero-order valence-corrected chi connectivity index (χ0v) is 10.5. The molecule has 2 rings (SSSR count). The van der Waals surface area contributed by atoms with E-state index in [2.05, 4.69) is 9.97 Å². The van der Waals surface area contributed by atoms with Gasteiger partial charge in [0.2, 0.25) is 5.95 Å². The maximum atomic E-state index is 12.3. The van der Waals surface area contributed by atoms with E-state index in [0.717, 1.165) is 0 Å². The highest BCUT2D eigenvalue weighted by molar-refractivity contribution is 7.93. The molecule has 0 bridgehead atoms. The standard InChI is InChI=1S/C11H10N4O3S/c12-10(16)15(11-13-7-4-8-14-11)19(17,18)9-5-2-1-3-6-9/h1-8H,(H2,12,16). The molecule has 7 nitrogen and oxygen atoms in total. The van der Waals surface area contributed by atoms with Crippen molar-refractivity contribution in [2.24, 2.45) is 5.73 Å². The lowest BCUT2D eigenvalue weighted by Crippen LogP contribution is -2.41. The first kappa shape index (κ1) is 13.0. The van der Waals surface area contributed by atoms with E-state index in [0.29, 0.717) is 4.31 Å². The number of nitrogens with zero attached hydrogens (tertiary/aromatic N) is 3. The van der Waals surface area contributed by atoms with Crippen LogP contribution >= 0.6 is 0 Å². The van der Waals surface area contributed by atoms with Crippen LogP contribution in [0, 0.1) is 0 Å². The molecular weight excluding hydrogens is 268 g/mol. The van der Waals surface area contributed by atoms with Crippen LogP contribution in [-0.4, -0.2) is 24.4 Å². The molecule has 2 amide bonds. The van der Waals surface area contributed by atoms with Gasteiger partial charge in [-0.3, -0.25) is 0 Å². The maximum absolute atomic E-state index is 12.3. The normalized spacial score (nSPS) is 10.9. The molecule has 0 atom stereocenters. The molecule has 0 aliphatic rings. The summed E-state index contributed by atoms with van der Waals surface area (Å²) in [6.07, 6.45) is 2.64. The number of sulfonamides is 1. The lowest BCUT2D eigenvalue weighted by molar-refractivity contribution is 0.256. The van der Waals surface area contributed by atoms with Gasteiger partial charge in [0.25, 0.3) is 10.0 Å². The van der Waals surface area contributed by atoms with E-state index in [9.17, 15) is 13.2 Å². The van der Waals surface area contributed by atoms with Gasteiger partial charge in [-0.25, -0.2) is 23.2 Å². The molecule has 0 radical (unpaired) electrons. The molecule has 2 aromatic rings. The first-order valence-electron chi connectivity index (χ1n) is 5.20. The number of benzene rings is 1. The van der Waals surface area contributed by atoms with Crippen molar-refractivity contribution in [2.75, 3.05) is 4.31 Å². The average Bonchev–Trinajstić information content (AvgIpc) is 2.40. The number of aromatic nitrogens is 2. The van der Waals surface area contributed by atoms with E-state index in [4.69, 9.17) is 5.73 Å². The van der Waals surface area contributed by atoms with Crippen LogP contribution in [0.3, 0.4) is 0 Å². The summed E-state index contributed by atoms with van der Waals surface area (Å²) in [6.45, 7) is 0. The van der Waals surface area contributed by atoms with Gasteiger partial charge in [-0.2, -0.15) is 0 Å². The Balaban J connectivity index is 2.55. The number of urea groups is 1. The molecule has 0 unspecified atom stereocenters. The van der Waals surface area contributed by atoms with Crippen LogP contribution in [0.25, 0.3) is 0 Å². The summed E-state index contributed by atoms with van der Waals surface area (Å²) in [4.78, 5) is 18.8. The summed E-state index contributed by atoms with van der Waals surface area (Å²) in [7, 11) is -4.12. The van der Waals surface area contributed by atoms with Crippen LogP contribution in [-0.2, 0) is 10.0 Å². The van der Waals surface area contributed by atoms with E-state index < -0.39 is 16.1 Å². The van der Waals surface area contributed by atoms with E-state index in [-0.39, 0.29) is 10.8 Å². The number of rotatable bonds is 3. The third kappa shape index (κ3) is 2.52. The summed E-state index contributed by atoms with van der Waals surface area (Å²) < 4.78 is 25.0. The van der Waals surface area contributed by atoms with Crippen molar-refractivity contribution < 1.29 is 13.2 Å². The van der Waals surface area contributed by atoms with Crippen LogP contribution in [0.2, 0.25) is 0 Å². The predicted octanol–water partition coefficient (Wildman–Crippen LogP) is 0.751. The molecule has 0 fully saturated rings. The molecule has 1 aromatic carbocycles. The van der Waals surface area contributed by atoms with E-state index in [1.54, 1.807) is 6.07 Å². The Bertz CT molecular complexity index is 674. The molecule has 19 heavy (non-hydrogen) atoms. The Morgan fingerprint density at radius 1 is 1.05 bits per heavy atom. The summed E-state index contributed by atoms with van der Waals surface area (Å²) in [6, 6.07) is 7.78. The van der Waals surface area contributed by atoms with Crippen LogP contribution in [0.1, 0.15) is 0 Å². The fraction of sp³-hybridized carbons (Fsp3) is 0. The van der Waals surface area contributed by atoms with Gasteiger partial charge in [0.15, 0.2) is 0 Å². The lowest BCUT2D eigenvalue weighted by Gasteiger charge is -2.17. The Morgan fingerprint density at radius 3 is 2.16 bits per heavy atom. The number of hydrogen-bond donors (Lipinski definition) is 1. The second-order valence-corrected chi connectivity index (χ2v) is 5.26. The Kier molecular flexibility index (Phi) is 3.43. The zero-order chi connectivity index (χ0) is 13.9. The Hall–Kier alpha value is -2.48. The molecule has 0 spiro atoms. The molecule has 0 saturated heterocycles. The molecular formula is C11H10N4O3S. The lowest BCUT2D eigenvalue weighted by atomic mass is 10.4. The van der Waals surface area contributed by atoms with Crippen molar-refractivity contribution in [3.05, 3.63) is 48.8 Å². The molecule has 1 heterocycles. The van der Waals surface area contributed by atoms with Gasteiger partial charge in [0.1, 0.15) is 0 Å². The molecule has 0 aliphatic heterocycles. The molecule has 0 saturated carbocycles. The van der Waals surface area contributed by atoms with Crippen LogP contribution in [0.15, 0.2) is 53.7 Å². The fourth-order valence-corrected chi connectivity index (χ4v) is 2.68. The topological polar surface area (TPSA) is 106 Å². The first-order chi connectivity index (χ1) is 9.03. The average molecular weight is 278 g/mol. The highest BCUT2D eigenvalue weighted by Crippen LogP contribution is 2.19. The number of primary amides is 1. The highest BCUT2D eigenvalue weighted by Gasteiger charge is 2.31. The number of nitrogens with two attached hydrogens (primary N) is 1. The van der Waals surface area contributed by atoms with Gasteiger partial charge < -0.3 is 5.73 Å². The minimum Gasteiger partial charge on any atom is -0.350 e. The van der Waals surface area contributed by atoms with E-state index in [1.807, 2.05) is 0 Å². The second kappa shape index (κ2) is 5.02. The van der Waals surface area contributed by atoms with Gasteiger partial charge in [0.05, 0.1) is 4.90 Å². The zero-order valence-electron chi connectivity index (χ0n) is 9.67. The van der Waals surface area contributed by atoms with E-state index in [1.165, 1.54) is 42.7 Å². The maximum Gasteiger partial charge on any atom is 0.336 e. The Labute approximate surface area is 109 Å². The van der Waals surface area contributed by atoms with Gasteiger partial charge in [-0.1, -0.05) is 18.2 Å². The van der Waals surface area contributed by atoms with Crippen LogP contribution < -0.4 is 10.0 Å². The third-order valence-corrected chi connectivity index (χ3v) is 3.91. The van der Waals surface area contributed by atoms with Gasteiger partial charge >= 0.3 is 6.03 Å². The van der Waals surface area contributed by atoms with Crippen LogP contribution in [0.4, 0.5) is 10.7 Å². The molecule has 8 heteroatoms. The summed E-state index contributed by atoms with van der Waals surface area (Å²) >= 11 is 0. The molecule has 1 aromatic heterocycles. The van der Waals surface area contributed by atoms with Crippen molar-refractivity contribution in [1.82, 2.24) is 9.97 Å². The summed E-state index contributed by atoms with van der Waals surface area (Å²) in [5, 5.41) is 0. The summed E-state index contributed by atoms with van der Waals surface area (Å²) in [5.41, 5.74) is 5.12. The number of carbonyl (C=O) groups excluding carboxylic acids is 1. The molecule has 2 N–H and O–H groups in total. The van der Waals surface area contributed by atoms with Crippen molar-refractivity contribution >= 4 is 22.0 Å². The van der Waals surface area contributed by atoms with Crippen molar-refractivity contribution in [2.45, 2.75) is 4.90 Å². The first-order valence-corrected chi connectivity index (χ1v) is 6.64. The minimum absolute atomic E-state index is 0.0683. The molecule has 98 valence electrons. The number of carbonyl (C=O) groups is 1. The molecule has 0 aliphatic carbocycles. The SMILES string of the molecule is NC(=O)N(c1ncccn1)S(=O)(=O)c1ccccc1. The summed E-state index contributed by atoms with van der Waals surface area (Å²) in [5.74, 6) is -0.293. The smallest absolute Gasteiger partial charge is 0.336 e. The van der Waals surface area contributed by atoms with Crippen molar-refractivity contribution in [3.8, 4) is 0 Å². The van der Waals surface area contributed by atoms with Crippen molar-refractivity contribution in [1.29, 1.82) is 0 Å². The van der Waals surface area contributed by atoms with Gasteiger partial charge in [-0.05, 0) is 18.2 Å². The van der Waals surface area contributed by atoms with Crippen LogP contribution in [0.5, 0.6) is 0 Å². The minimum atomic E-state index is -4.12. The Morgan fingerprint density at radius 2 is 1.63 bits per heavy atom. The number of anilines is 1. The number of hydrogen-bond acceptors (Lipinski definition) is 5. The second-order valence-electron chi connectivity index (χ2n) is 3.47. The monoisotopic (exact) mass is 278 g/mol.